The normalized spacial score (nSPS) is 12.0. The molecule has 1 heterocycles. The summed E-state index contributed by atoms with van der Waals surface area (Å²) in [4.78, 5) is 15.2. The summed E-state index contributed by atoms with van der Waals surface area (Å²) in [6.45, 7) is 0. The number of aromatic nitrogens is 1. The molecule has 1 amide bonds. The van der Waals surface area contributed by atoms with Crippen molar-refractivity contribution in [2.45, 2.75) is 17.5 Å². The average molecular weight is 498 g/mol. The van der Waals surface area contributed by atoms with E-state index in [0.717, 1.165) is 12.1 Å². The van der Waals surface area contributed by atoms with Gasteiger partial charge < -0.3 is 4.18 Å². The summed E-state index contributed by atoms with van der Waals surface area (Å²) in [6, 6.07) is 12.9. The number of hydrogen-bond acceptors (Lipinski definition) is 6. The Balaban J connectivity index is 1.82. The van der Waals surface area contributed by atoms with Crippen LogP contribution in [0.5, 0.6) is 5.88 Å². The molecule has 33 heavy (non-hydrogen) atoms. The molecule has 7 nitrogen and oxygen atoms in total. The maximum Gasteiger partial charge on any atom is 0.417 e. The summed E-state index contributed by atoms with van der Waals surface area (Å²) >= 11 is 5.84. The molecule has 0 aliphatic rings. The summed E-state index contributed by atoms with van der Waals surface area (Å²) in [5.74, 6) is -0.856. The van der Waals surface area contributed by atoms with Crippen LogP contribution in [0.15, 0.2) is 76.9 Å². The lowest BCUT2D eigenvalue weighted by Crippen LogP contribution is -2.20. The number of hydrogen-bond donors (Lipinski definition) is 1. The van der Waals surface area contributed by atoms with Crippen LogP contribution in [-0.2, 0) is 27.5 Å². The number of pyridine rings is 1. The molecule has 0 saturated heterocycles. The van der Waals surface area contributed by atoms with Crippen molar-refractivity contribution in [1.29, 1.82) is 0 Å². The third-order valence-corrected chi connectivity index (χ3v) is 5.55. The number of carbonyl (C=O) groups is 1. The molecule has 3 rings (SSSR count). The fourth-order valence-corrected chi connectivity index (χ4v) is 3.80. The smallest absolute Gasteiger partial charge is 0.358 e. The van der Waals surface area contributed by atoms with Gasteiger partial charge in [0.25, 0.3) is 0 Å². The number of benzene rings is 2. The van der Waals surface area contributed by atoms with Gasteiger partial charge in [0.1, 0.15) is 4.90 Å². The van der Waals surface area contributed by atoms with Gasteiger partial charge in [-0.15, -0.1) is 0 Å². The Bertz CT molecular complexity index is 1280. The Kier molecular flexibility index (Phi) is 7.34. The van der Waals surface area contributed by atoms with Crippen molar-refractivity contribution in [1.82, 2.24) is 10.4 Å². The number of rotatable bonds is 7. The van der Waals surface area contributed by atoms with Gasteiger partial charge in [-0.2, -0.15) is 26.7 Å². The number of carbonyl (C=O) groups excluding carboxylic acids is 1. The number of nitrogens with one attached hydrogen (secondary N) is 1. The minimum atomic E-state index is -4.80. The molecule has 0 spiro atoms. The van der Waals surface area contributed by atoms with Crippen molar-refractivity contribution in [2.24, 2.45) is 5.10 Å². The lowest BCUT2D eigenvalue weighted by molar-refractivity contribution is -0.137. The third-order valence-electron chi connectivity index (χ3n) is 4.10. The first-order valence-electron chi connectivity index (χ1n) is 9.18. The van der Waals surface area contributed by atoms with Crippen LogP contribution in [0.1, 0.15) is 16.7 Å². The number of hydrazone groups is 1. The molecule has 2 aromatic carbocycles. The molecule has 3 aromatic rings. The zero-order valence-corrected chi connectivity index (χ0v) is 18.2. The first-order chi connectivity index (χ1) is 15.5. The molecule has 0 bridgehead atoms. The van der Waals surface area contributed by atoms with E-state index in [2.05, 4.69) is 15.5 Å². The number of amides is 1. The van der Waals surface area contributed by atoms with E-state index >= 15 is 0 Å². The SMILES string of the molecule is O=C(Cc1cccc(Cl)c1)NN=Cc1cc(S(=O)(=O)Oc2ccccn2)ccc1C(F)(F)F. The molecular formula is C21H15ClF3N3O4S. The monoisotopic (exact) mass is 497 g/mol. The zero-order chi connectivity index (χ0) is 24.1. The Labute approximate surface area is 192 Å². The molecule has 172 valence electrons. The van der Waals surface area contributed by atoms with E-state index in [1.807, 2.05) is 0 Å². The lowest BCUT2D eigenvalue weighted by atomic mass is 10.1. The number of nitrogens with zero attached hydrogens (tertiary/aromatic N) is 2. The van der Waals surface area contributed by atoms with Crippen molar-refractivity contribution in [3.05, 3.63) is 88.6 Å². The predicted octanol–water partition coefficient (Wildman–Crippen LogP) is 4.21. The molecule has 12 heteroatoms. The third kappa shape index (κ3) is 6.77. The van der Waals surface area contributed by atoms with Crippen LogP contribution in [0, 0.1) is 0 Å². The Morgan fingerprint density at radius 1 is 1.12 bits per heavy atom. The van der Waals surface area contributed by atoms with Gasteiger partial charge in [-0.25, -0.2) is 10.4 Å². The van der Waals surface area contributed by atoms with Crippen LogP contribution < -0.4 is 9.61 Å². The van der Waals surface area contributed by atoms with Gasteiger partial charge in [0, 0.05) is 22.8 Å². The first-order valence-corrected chi connectivity index (χ1v) is 11.0. The van der Waals surface area contributed by atoms with Gasteiger partial charge in [0.2, 0.25) is 11.8 Å². The van der Waals surface area contributed by atoms with Gasteiger partial charge in [0.05, 0.1) is 18.2 Å². The van der Waals surface area contributed by atoms with Crippen LogP contribution in [0.3, 0.4) is 0 Å². The molecule has 1 N–H and O–H groups in total. The Hall–Kier alpha value is -3.44. The van der Waals surface area contributed by atoms with Crippen molar-refractivity contribution in [2.75, 3.05) is 0 Å². The van der Waals surface area contributed by atoms with E-state index in [-0.39, 0.29) is 12.3 Å². The van der Waals surface area contributed by atoms with Crippen LogP contribution >= 0.6 is 11.6 Å². The van der Waals surface area contributed by atoms with Crippen LogP contribution in [-0.4, -0.2) is 25.5 Å². The van der Waals surface area contributed by atoms with Gasteiger partial charge in [-0.1, -0.05) is 29.8 Å². The van der Waals surface area contributed by atoms with Crippen molar-refractivity contribution < 1.29 is 30.6 Å². The molecule has 0 aliphatic heterocycles. The first kappa shape index (κ1) is 24.2. The lowest BCUT2D eigenvalue weighted by Gasteiger charge is -2.12. The minimum absolute atomic E-state index is 0.115. The second kappa shape index (κ2) is 10.0. The summed E-state index contributed by atoms with van der Waals surface area (Å²) in [7, 11) is -4.48. The summed E-state index contributed by atoms with van der Waals surface area (Å²) in [5.41, 5.74) is 0.947. The highest BCUT2D eigenvalue weighted by Crippen LogP contribution is 2.33. The van der Waals surface area contributed by atoms with E-state index in [1.165, 1.54) is 24.4 Å². The van der Waals surface area contributed by atoms with Crippen LogP contribution in [0.25, 0.3) is 0 Å². The highest BCUT2D eigenvalue weighted by atomic mass is 35.5. The molecule has 0 aliphatic carbocycles. The molecule has 1 aromatic heterocycles. The van der Waals surface area contributed by atoms with E-state index in [4.69, 9.17) is 15.8 Å². The maximum atomic E-state index is 13.4. The van der Waals surface area contributed by atoms with Gasteiger partial charge in [-0.3, -0.25) is 4.79 Å². The standard InChI is InChI=1S/C21H15ClF3N3O4S/c22-16-5-3-4-14(10-16)11-19(29)28-27-13-15-12-17(7-8-18(15)21(23,24)25)33(30,31)32-20-6-1-2-9-26-20/h1-10,12-13H,11H2,(H,28,29). The summed E-state index contributed by atoms with van der Waals surface area (Å²) in [6.07, 6.45) is -2.91. The van der Waals surface area contributed by atoms with Crippen molar-refractivity contribution in [3.63, 3.8) is 0 Å². The maximum absolute atomic E-state index is 13.4. The molecule has 0 radical (unpaired) electrons. The molecule has 0 fully saturated rings. The summed E-state index contributed by atoms with van der Waals surface area (Å²) < 4.78 is 69.9. The highest BCUT2D eigenvalue weighted by Gasteiger charge is 2.34. The molecule has 0 saturated carbocycles. The average Bonchev–Trinajstić information content (AvgIpc) is 2.73. The Morgan fingerprint density at radius 2 is 1.91 bits per heavy atom. The molecule has 0 atom stereocenters. The van der Waals surface area contributed by atoms with E-state index < -0.39 is 38.2 Å². The Morgan fingerprint density at radius 3 is 2.58 bits per heavy atom. The van der Waals surface area contributed by atoms with E-state index in [0.29, 0.717) is 22.9 Å². The second-order valence-electron chi connectivity index (χ2n) is 6.55. The largest absolute Gasteiger partial charge is 0.417 e. The number of alkyl halides is 3. The van der Waals surface area contributed by atoms with Gasteiger partial charge >= 0.3 is 16.3 Å². The van der Waals surface area contributed by atoms with Gasteiger partial charge in [0.15, 0.2) is 0 Å². The zero-order valence-electron chi connectivity index (χ0n) is 16.6. The second-order valence-corrected chi connectivity index (χ2v) is 8.53. The quantitative estimate of drug-likeness (QED) is 0.299. The molecule has 0 unspecified atom stereocenters. The fourth-order valence-electron chi connectivity index (χ4n) is 2.66. The number of halogens is 4. The minimum Gasteiger partial charge on any atom is -0.358 e. The van der Waals surface area contributed by atoms with E-state index in [9.17, 15) is 26.4 Å². The van der Waals surface area contributed by atoms with Crippen LogP contribution in [0.2, 0.25) is 5.02 Å². The molecular weight excluding hydrogens is 483 g/mol. The highest BCUT2D eigenvalue weighted by molar-refractivity contribution is 7.87. The predicted molar refractivity (Wildman–Crippen MR) is 114 cm³/mol. The summed E-state index contributed by atoms with van der Waals surface area (Å²) in [5, 5.41) is 3.96. The van der Waals surface area contributed by atoms with Crippen molar-refractivity contribution >= 4 is 33.8 Å². The van der Waals surface area contributed by atoms with Crippen LogP contribution in [0.4, 0.5) is 13.2 Å². The van der Waals surface area contributed by atoms with Gasteiger partial charge in [-0.05, 0) is 42.0 Å². The fraction of sp³-hybridized carbons (Fsp3) is 0.0952. The van der Waals surface area contributed by atoms with E-state index in [1.54, 1.807) is 24.3 Å². The van der Waals surface area contributed by atoms with Crippen molar-refractivity contribution in [3.8, 4) is 5.88 Å². The topological polar surface area (TPSA) is 97.7 Å².